The van der Waals surface area contributed by atoms with Crippen LogP contribution >= 0.6 is 9.12 Å². The number of hydrogen-bond donors (Lipinski definition) is 0. The Hall–Kier alpha value is 1.72. The van der Waals surface area contributed by atoms with Crippen molar-refractivity contribution in [3.05, 3.63) is 0 Å². The first-order valence-corrected chi connectivity index (χ1v) is 0.548. The van der Waals surface area contributed by atoms with E-state index in [9.17, 15) is 0 Å². The van der Waals surface area contributed by atoms with Crippen molar-refractivity contribution >= 4 is 28.0 Å². The van der Waals surface area contributed by atoms with Crippen molar-refractivity contribution in [2.24, 2.45) is 0 Å². The average molecular weight is 168 g/mol. The maximum absolute atomic E-state index is 7.94. The molecule has 0 atom stereocenters. The summed E-state index contributed by atoms with van der Waals surface area (Å²) in [6.45, 7) is 0. The van der Waals surface area contributed by atoms with Gasteiger partial charge < -0.3 is 0 Å². The van der Waals surface area contributed by atoms with Crippen LogP contribution in [0.2, 0.25) is 0 Å². The van der Waals surface area contributed by atoms with Crippen molar-refractivity contribution in [2.45, 2.75) is 0 Å². The van der Waals surface area contributed by atoms with Gasteiger partial charge in [-0.15, -0.1) is 0 Å². The fourth-order valence-corrected chi connectivity index (χ4v) is 0. The van der Waals surface area contributed by atoms with Crippen LogP contribution in [0.3, 0.4) is 0 Å². The molecule has 0 saturated heterocycles. The van der Waals surface area contributed by atoms with E-state index in [0.717, 1.165) is 0 Å². The molecule has 1 nitrogen and oxygen atoms in total. The van der Waals surface area contributed by atoms with Gasteiger partial charge in [-0.2, -0.15) is 0 Å². The molecule has 0 aromatic heterocycles. The van der Waals surface area contributed by atoms with Gasteiger partial charge in [-0.1, -0.05) is 0 Å². The summed E-state index contributed by atoms with van der Waals surface area (Å²) in [5.74, 6) is 0. The second-order valence-electron chi connectivity index (χ2n) is 0. The summed E-state index contributed by atoms with van der Waals surface area (Å²) in [5, 5.41) is 0. The molecule has 0 N–H and O–H groups in total. The Kier molecular flexibility index (Phi) is 255. The maximum atomic E-state index is 7.94. The second kappa shape index (κ2) is 43.0. The molecular weight excluding hydrogens is 168 g/mol. The zero-order chi connectivity index (χ0) is 2.00. The fourth-order valence-electron chi connectivity index (χ4n) is 0. The predicted octanol–water partition coefficient (Wildman–Crippen LogP) is 0.357. The first-order chi connectivity index (χ1) is 1.00. The van der Waals surface area contributed by atoms with E-state index in [1.165, 1.54) is 0 Å². The first-order valence-electron chi connectivity index (χ1n) is 0.183. The van der Waals surface area contributed by atoms with Gasteiger partial charge >= 0.3 is 0 Å². The smallest absolute Gasteiger partial charge is 0.261 e. The van der Waals surface area contributed by atoms with Gasteiger partial charge in [0.25, 0.3) is 9.12 Å². The molecule has 0 spiro atoms. The maximum Gasteiger partial charge on any atom is 0.261 e. The average Bonchev–Trinajstić information content (AvgIpc) is 1.00. The molecule has 0 rings (SSSR count). The Labute approximate surface area is 66.1 Å². The minimum absolute atomic E-state index is 0. The van der Waals surface area contributed by atoms with Crippen LogP contribution in [0.5, 0.6) is 0 Å². The summed E-state index contributed by atoms with van der Waals surface area (Å²) in [7, 11) is 2.28. The first kappa shape index (κ1) is 29.7. The van der Waals surface area contributed by atoms with Crippen molar-refractivity contribution < 1.29 is 38.4 Å². The quantitative estimate of drug-likeness (QED) is 0.376. The molecule has 0 unspecified atom stereocenters. The summed E-state index contributed by atoms with van der Waals surface area (Å²) >= 11 is 0. The van der Waals surface area contributed by atoms with Crippen LogP contribution < -0.4 is 0 Å². The molecule has 0 amide bonds. The van der Waals surface area contributed by atoms with Gasteiger partial charge in [-0.25, -0.2) is 0 Å². The van der Waals surface area contributed by atoms with Gasteiger partial charge in [0.2, 0.25) is 0 Å². The molecule has 28 valence electrons. The SMILES string of the molecule is O=[P].[Co].[Li].[Mn]. The normalized spacial score (nSPS) is 0.800. The van der Waals surface area contributed by atoms with E-state index in [0.29, 0.717) is 0 Å². The summed E-state index contributed by atoms with van der Waals surface area (Å²) < 4.78 is 7.94. The van der Waals surface area contributed by atoms with Crippen molar-refractivity contribution in [2.75, 3.05) is 0 Å². The van der Waals surface area contributed by atoms with E-state index in [4.69, 9.17) is 4.57 Å². The van der Waals surface area contributed by atoms with Crippen LogP contribution in [0.4, 0.5) is 0 Å². The monoisotopic (exact) mass is 168 g/mol. The van der Waals surface area contributed by atoms with Gasteiger partial charge in [0.05, 0.1) is 0 Å². The third-order valence-electron chi connectivity index (χ3n) is 0. The summed E-state index contributed by atoms with van der Waals surface area (Å²) in [6, 6.07) is 0. The third-order valence-corrected chi connectivity index (χ3v) is 0. The standard InChI is InChI=1S/Co.Li.Mn.OP/c;;;1-2. The van der Waals surface area contributed by atoms with E-state index >= 15 is 0 Å². The molecule has 0 aliphatic heterocycles. The van der Waals surface area contributed by atoms with Crippen molar-refractivity contribution in [3.8, 4) is 0 Å². The molecule has 4 radical (unpaired) electrons. The second-order valence-corrected chi connectivity index (χ2v) is 0. The summed E-state index contributed by atoms with van der Waals surface area (Å²) in [6.07, 6.45) is 0. The Morgan fingerprint density at radius 2 is 1.20 bits per heavy atom. The zero-order valence-corrected chi connectivity index (χ0v) is 5.68. The van der Waals surface area contributed by atoms with Crippen LogP contribution in [0, 0.1) is 0 Å². The molecule has 0 aliphatic carbocycles. The van der Waals surface area contributed by atoms with Crippen molar-refractivity contribution in [1.29, 1.82) is 0 Å². The van der Waals surface area contributed by atoms with E-state index in [-0.39, 0.29) is 52.7 Å². The molecule has 0 aromatic rings. The van der Waals surface area contributed by atoms with Crippen LogP contribution in [0.1, 0.15) is 0 Å². The van der Waals surface area contributed by atoms with E-state index in [1.807, 2.05) is 0 Å². The summed E-state index contributed by atoms with van der Waals surface area (Å²) in [4.78, 5) is 0. The minimum Gasteiger partial charge on any atom is -0.261 e. The Balaban J connectivity index is -0.00000000167. The Morgan fingerprint density at radius 3 is 1.20 bits per heavy atom. The molecular formula is CoLiMnOP. The van der Waals surface area contributed by atoms with Crippen LogP contribution in [0.15, 0.2) is 0 Å². The van der Waals surface area contributed by atoms with Crippen LogP contribution in [-0.2, 0) is 38.4 Å². The van der Waals surface area contributed by atoms with E-state index in [1.54, 1.807) is 0 Å². The molecule has 0 fully saturated rings. The van der Waals surface area contributed by atoms with E-state index < -0.39 is 0 Å². The molecule has 0 aromatic carbocycles. The predicted molar refractivity (Wildman–Crippen MR) is 13.4 cm³/mol. The van der Waals surface area contributed by atoms with Crippen molar-refractivity contribution in [1.82, 2.24) is 0 Å². The van der Waals surface area contributed by atoms with Crippen LogP contribution in [0.25, 0.3) is 0 Å². The molecule has 5 heavy (non-hydrogen) atoms. The van der Waals surface area contributed by atoms with Gasteiger partial charge in [-0.3, -0.25) is 4.57 Å². The van der Waals surface area contributed by atoms with Gasteiger partial charge in [-0.05, 0) is 0 Å². The van der Waals surface area contributed by atoms with Crippen molar-refractivity contribution in [3.63, 3.8) is 0 Å². The van der Waals surface area contributed by atoms with Crippen LogP contribution in [-0.4, -0.2) is 18.9 Å². The molecule has 5 heteroatoms. The topological polar surface area (TPSA) is 17.1 Å². The molecule has 0 saturated carbocycles. The van der Waals surface area contributed by atoms with E-state index in [2.05, 4.69) is 9.12 Å². The number of hydrogen-bond acceptors (Lipinski definition) is 1. The van der Waals surface area contributed by atoms with Gasteiger partial charge in [0, 0.05) is 52.7 Å². The third kappa shape index (κ3) is 26.7. The molecule has 0 bridgehead atoms. The minimum atomic E-state index is 0. The molecule has 0 heterocycles. The fraction of sp³-hybridized carbons (Fsp3) is 0. The molecule has 0 aliphatic rings. The number of rotatable bonds is 0. The Morgan fingerprint density at radius 1 is 1.20 bits per heavy atom. The Bertz CT molecular complexity index is 11.6. The zero-order valence-electron chi connectivity index (χ0n) is 2.57. The summed E-state index contributed by atoms with van der Waals surface area (Å²) in [5.41, 5.74) is 0. The largest absolute Gasteiger partial charge is 0.261 e. The van der Waals surface area contributed by atoms with Gasteiger partial charge in [0.1, 0.15) is 0 Å². The van der Waals surface area contributed by atoms with Gasteiger partial charge in [0.15, 0.2) is 0 Å².